The summed E-state index contributed by atoms with van der Waals surface area (Å²) in [6, 6.07) is 9.00. The lowest BCUT2D eigenvalue weighted by Gasteiger charge is -2.24. The van der Waals surface area contributed by atoms with Gasteiger partial charge in [0.05, 0.1) is 13.0 Å². The highest BCUT2D eigenvalue weighted by Crippen LogP contribution is 2.15. The van der Waals surface area contributed by atoms with Crippen LogP contribution in [-0.4, -0.2) is 25.2 Å². The van der Waals surface area contributed by atoms with Crippen LogP contribution in [0, 0.1) is 5.92 Å². The maximum Gasteiger partial charge on any atom is 0.407 e. The minimum atomic E-state index is -0.557. The van der Waals surface area contributed by atoms with E-state index in [1.807, 2.05) is 37.3 Å². The van der Waals surface area contributed by atoms with Gasteiger partial charge in [-0.1, -0.05) is 43.3 Å². The van der Waals surface area contributed by atoms with Crippen LogP contribution >= 0.6 is 0 Å². The van der Waals surface area contributed by atoms with Crippen LogP contribution in [0.15, 0.2) is 43.0 Å². The summed E-state index contributed by atoms with van der Waals surface area (Å²) in [5, 5.41) is 2.72. The van der Waals surface area contributed by atoms with Gasteiger partial charge in [0.15, 0.2) is 0 Å². The summed E-state index contributed by atoms with van der Waals surface area (Å²) in [7, 11) is 1.34. The summed E-state index contributed by atoms with van der Waals surface area (Å²) in [4.78, 5) is 23.7. The van der Waals surface area contributed by atoms with Gasteiger partial charge in [-0.15, -0.1) is 6.58 Å². The van der Waals surface area contributed by atoms with Crippen molar-refractivity contribution in [2.24, 2.45) is 5.92 Å². The molecular weight excluding hydrogens is 282 g/mol. The molecule has 0 aliphatic carbocycles. The third-order valence-corrected chi connectivity index (χ3v) is 3.37. The van der Waals surface area contributed by atoms with Crippen LogP contribution < -0.4 is 5.32 Å². The summed E-state index contributed by atoms with van der Waals surface area (Å²) in [5.74, 6) is -0.773. The Kier molecular flexibility index (Phi) is 7.75. The molecule has 0 saturated carbocycles. The lowest BCUT2D eigenvalue weighted by atomic mass is 9.94. The first kappa shape index (κ1) is 17.8. The Balaban J connectivity index is 2.59. The zero-order valence-electron chi connectivity index (χ0n) is 13.1. The second kappa shape index (κ2) is 9.60. The molecule has 0 radical (unpaired) electrons. The van der Waals surface area contributed by atoms with Crippen LogP contribution in [0.4, 0.5) is 4.79 Å². The van der Waals surface area contributed by atoms with Crippen molar-refractivity contribution >= 4 is 12.1 Å². The first-order valence-electron chi connectivity index (χ1n) is 7.28. The molecule has 120 valence electrons. The van der Waals surface area contributed by atoms with Gasteiger partial charge in [-0.05, 0) is 18.4 Å². The van der Waals surface area contributed by atoms with Gasteiger partial charge in [0.1, 0.15) is 6.61 Å². The molecule has 1 rings (SSSR count). The fourth-order valence-corrected chi connectivity index (χ4v) is 2.19. The molecule has 0 fully saturated rings. The van der Waals surface area contributed by atoms with E-state index in [2.05, 4.69) is 11.9 Å². The number of benzene rings is 1. The highest BCUT2D eigenvalue weighted by Gasteiger charge is 2.28. The van der Waals surface area contributed by atoms with Crippen LogP contribution in [0.1, 0.15) is 25.3 Å². The Bertz CT molecular complexity index is 487. The molecule has 1 aromatic carbocycles. The summed E-state index contributed by atoms with van der Waals surface area (Å²) >= 11 is 0. The van der Waals surface area contributed by atoms with E-state index in [-0.39, 0.29) is 12.6 Å². The Morgan fingerprint density at radius 3 is 2.55 bits per heavy atom. The predicted octanol–water partition coefficient (Wildman–Crippen LogP) is 3.06. The molecule has 0 bridgehead atoms. The van der Waals surface area contributed by atoms with Crippen molar-refractivity contribution in [3.05, 3.63) is 48.6 Å². The third kappa shape index (κ3) is 5.60. The van der Waals surface area contributed by atoms with E-state index in [1.165, 1.54) is 7.11 Å². The number of amides is 1. The minimum absolute atomic E-state index is 0.183. The number of ether oxygens (including phenoxy) is 2. The van der Waals surface area contributed by atoms with Gasteiger partial charge >= 0.3 is 12.1 Å². The summed E-state index contributed by atoms with van der Waals surface area (Å²) in [6.07, 6.45) is 2.13. The first-order chi connectivity index (χ1) is 10.6. The topological polar surface area (TPSA) is 64.6 Å². The van der Waals surface area contributed by atoms with Crippen LogP contribution in [0.3, 0.4) is 0 Å². The van der Waals surface area contributed by atoms with Crippen molar-refractivity contribution in [1.82, 2.24) is 5.32 Å². The molecule has 5 nitrogen and oxygen atoms in total. The maximum atomic E-state index is 11.9. The van der Waals surface area contributed by atoms with E-state index in [9.17, 15) is 9.59 Å². The van der Waals surface area contributed by atoms with Gasteiger partial charge in [0.25, 0.3) is 0 Å². The van der Waals surface area contributed by atoms with Crippen molar-refractivity contribution < 1.29 is 19.1 Å². The van der Waals surface area contributed by atoms with E-state index in [0.29, 0.717) is 12.8 Å². The van der Waals surface area contributed by atoms with Gasteiger partial charge in [-0.2, -0.15) is 0 Å². The molecule has 0 spiro atoms. The van der Waals surface area contributed by atoms with Gasteiger partial charge in [0.2, 0.25) is 0 Å². The molecule has 0 aliphatic rings. The molecule has 0 heterocycles. The number of rotatable bonds is 8. The zero-order valence-corrected chi connectivity index (χ0v) is 13.1. The number of alkyl carbamates (subject to hydrolysis) is 1. The average Bonchev–Trinajstić information content (AvgIpc) is 2.54. The highest BCUT2D eigenvalue weighted by molar-refractivity contribution is 5.75. The molecule has 1 amide bonds. The normalized spacial score (nSPS) is 12.8. The number of methoxy groups -OCH3 is 1. The monoisotopic (exact) mass is 305 g/mol. The van der Waals surface area contributed by atoms with Gasteiger partial charge in [0, 0.05) is 6.04 Å². The molecule has 1 aromatic rings. The van der Waals surface area contributed by atoms with Crippen molar-refractivity contribution in [3.8, 4) is 0 Å². The Hall–Kier alpha value is -2.30. The van der Waals surface area contributed by atoms with Crippen molar-refractivity contribution in [2.75, 3.05) is 7.11 Å². The van der Waals surface area contributed by atoms with E-state index in [1.54, 1.807) is 6.08 Å². The lowest BCUT2D eigenvalue weighted by molar-refractivity contribution is -0.146. The fourth-order valence-electron chi connectivity index (χ4n) is 2.19. The van der Waals surface area contributed by atoms with Crippen LogP contribution in [0.2, 0.25) is 0 Å². The molecule has 0 unspecified atom stereocenters. The Labute approximate surface area is 131 Å². The number of nitrogens with one attached hydrogen (secondary N) is 1. The standard InChI is InChI=1S/C17H23NO4/c1-4-9-15(14(5-2)16(19)21-3)18-17(20)22-12-13-10-7-6-8-11-13/h4,6-8,10-11,14-15H,1,5,9,12H2,2-3H3,(H,18,20)/t14-,15-/m0/s1. The number of hydrogen-bond acceptors (Lipinski definition) is 4. The van der Waals surface area contributed by atoms with Crippen molar-refractivity contribution in [1.29, 1.82) is 0 Å². The second-order valence-corrected chi connectivity index (χ2v) is 4.87. The van der Waals surface area contributed by atoms with Crippen molar-refractivity contribution in [2.45, 2.75) is 32.4 Å². The fraction of sp³-hybridized carbons (Fsp3) is 0.412. The zero-order chi connectivity index (χ0) is 16.4. The van der Waals surface area contributed by atoms with E-state index in [4.69, 9.17) is 9.47 Å². The highest BCUT2D eigenvalue weighted by atomic mass is 16.5. The number of carbonyl (C=O) groups excluding carboxylic acids is 2. The Morgan fingerprint density at radius 1 is 1.32 bits per heavy atom. The molecular formula is C17H23NO4. The van der Waals surface area contributed by atoms with Crippen molar-refractivity contribution in [3.63, 3.8) is 0 Å². The van der Waals surface area contributed by atoms with Gasteiger partial charge in [-0.25, -0.2) is 4.79 Å². The molecule has 0 aromatic heterocycles. The van der Waals surface area contributed by atoms with Crippen LogP contribution in [-0.2, 0) is 20.9 Å². The summed E-state index contributed by atoms with van der Waals surface area (Å²) in [5.41, 5.74) is 0.901. The number of carbonyl (C=O) groups is 2. The number of esters is 1. The van der Waals surface area contributed by atoms with E-state index >= 15 is 0 Å². The van der Waals surface area contributed by atoms with Gasteiger partial charge < -0.3 is 14.8 Å². The smallest absolute Gasteiger partial charge is 0.407 e. The van der Waals surface area contributed by atoms with Gasteiger partial charge in [-0.3, -0.25) is 4.79 Å². The quantitative estimate of drug-likeness (QED) is 0.592. The largest absolute Gasteiger partial charge is 0.469 e. The lowest BCUT2D eigenvalue weighted by Crippen LogP contribution is -2.43. The molecule has 5 heteroatoms. The Morgan fingerprint density at radius 2 is 2.00 bits per heavy atom. The van der Waals surface area contributed by atoms with E-state index < -0.39 is 18.1 Å². The molecule has 1 N–H and O–H groups in total. The minimum Gasteiger partial charge on any atom is -0.469 e. The van der Waals surface area contributed by atoms with Crippen LogP contribution in [0.25, 0.3) is 0 Å². The van der Waals surface area contributed by atoms with Crippen LogP contribution in [0.5, 0.6) is 0 Å². The maximum absolute atomic E-state index is 11.9. The molecule has 0 aliphatic heterocycles. The number of hydrogen-bond donors (Lipinski definition) is 1. The molecule has 22 heavy (non-hydrogen) atoms. The first-order valence-corrected chi connectivity index (χ1v) is 7.28. The summed E-state index contributed by atoms with van der Waals surface area (Å²) < 4.78 is 9.95. The average molecular weight is 305 g/mol. The molecule has 2 atom stereocenters. The van der Waals surface area contributed by atoms with E-state index in [0.717, 1.165) is 5.56 Å². The third-order valence-electron chi connectivity index (χ3n) is 3.37. The predicted molar refractivity (Wildman–Crippen MR) is 84.2 cm³/mol. The molecule has 0 saturated heterocycles. The SMILES string of the molecule is C=CC[C@H](NC(=O)OCc1ccccc1)[C@H](CC)C(=O)OC. The summed E-state index contributed by atoms with van der Waals surface area (Å²) in [6.45, 7) is 5.71. The second-order valence-electron chi connectivity index (χ2n) is 4.87.